The molecule has 1 unspecified atom stereocenters. The number of nitrogens with zero attached hydrogens (tertiary/aromatic N) is 2. The molecule has 2 rings (SSSR count). The molecular formula is C15H23ClN2O2. The van der Waals surface area contributed by atoms with Gasteiger partial charge in [-0.15, -0.1) is 0 Å². The van der Waals surface area contributed by atoms with Crippen molar-refractivity contribution in [1.82, 2.24) is 4.90 Å². The highest BCUT2D eigenvalue weighted by Crippen LogP contribution is 2.28. The van der Waals surface area contributed by atoms with E-state index in [1.165, 1.54) is 0 Å². The summed E-state index contributed by atoms with van der Waals surface area (Å²) in [4.78, 5) is 4.60. The van der Waals surface area contributed by atoms with Gasteiger partial charge in [0.05, 0.1) is 12.7 Å². The molecule has 0 bridgehead atoms. The van der Waals surface area contributed by atoms with E-state index in [1.807, 2.05) is 18.2 Å². The van der Waals surface area contributed by atoms with Crippen LogP contribution in [0.1, 0.15) is 25.0 Å². The average molecular weight is 299 g/mol. The lowest BCUT2D eigenvalue weighted by atomic mass is 10.1. The van der Waals surface area contributed by atoms with E-state index in [-0.39, 0.29) is 6.61 Å². The number of hydrogen-bond donors (Lipinski definition) is 2. The Balaban J connectivity index is 2.06. The Labute approximate surface area is 125 Å². The molecule has 1 aliphatic heterocycles. The third-order valence-electron chi connectivity index (χ3n) is 3.80. The maximum atomic E-state index is 9.62. The highest BCUT2D eigenvalue weighted by Gasteiger charge is 2.16. The normalized spacial score (nSPS) is 18.9. The zero-order chi connectivity index (χ0) is 14.5. The van der Waals surface area contributed by atoms with Crippen LogP contribution in [-0.4, -0.2) is 54.4 Å². The Morgan fingerprint density at radius 2 is 2.05 bits per heavy atom. The van der Waals surface area contributed by atoms with Crippen LogP contribution in [0.15, 0.2) is 18.2 Å². The number of aliphatic hydroxyl groups excluding tert-OH is 2. The number of benzene rings is 1. The monoisotopic (exact) mass is 298 g/mol. The van der Waals surface area contributed by atoms with Crippen LogP contribution in [0.4, 0.5) is 5.69 Å². The first kappa shape index (κ1) is 15.6. The Morgan fingerprint density at radius 3 is 2.70 bits per heavy atom. The summed E-state index contributed by atoms with van der Waals surface area (Å²) in [6.07, 6.45) is 0.538. The maximum absolute atomic E-state index is 9.62. The fraction of sp³-hybridized carbons (Fsp3) is 0.600. The number of rotatable bonds is 4. The molecule has 1 heterocycles. The first-order chi connectivity index (χ1) is 9.61. The van der Waals surface area contributed by atoms with Crippen LogP contribution in [0.25, 0.3) is 0 Å². The summed E-state index contributed by atoms with van der Waals surface area (Å²) in [6, 6.07) is 5.86. The average Bonchev–Trinajstić information content (AvgIpc) is 2.64. The van der Waals surface area contributed by atoms with Crippen molar-refractivity contribution >= 4 is 17.3 Å². The van der Waals surface area contributed by atoms with Gasteiger partial charge in [-0.2, -0.15) is 0 Å². The fourth-order valence-corrected chi connectivity index (χ4v) is 2.98. The van der Waals surface area contributed by atoms with Gasteiger partial charge in [0, 0.05) is 36.9 Å². The quantitative estimate of drug-likeness (QED) is 0.891. The van der Waals surface area contributed by atoms with Crippen LogP contribution in [0.3, 0.4) is 0 Å². The van der Waals surface area contributed by atoms with Gasteiger partial charge < -0.3 is 15.1 Å². The van der Waals surface area contributed by atoms with Gasteiger partial charge in [0.2, 0.25) is 0 Å². The minimum absolute atomic E-state index is 0.217. The lowest BCUT2D eigenvalue weighted by Gasteiger charge is -2.24. The van der Waals surface area contributed by atoms with Crippen molar-refractivity contribution in [2.75, 3.05) is 44.2 Å². The molecule has 1 aromatic carbocycles. The largest absolute Gasteiger partial charge is 0.395 e. The number of halogens is 1. The standard InChI is InChI=1S/C15H23ClN2O2/c1-12(20)14-4-3-13(11-15(14)16)18-6-2-5-17(7-8-18)9-10-19/h3-4,11-12,19-20H,2,5-10H2,1H3. The predicted molar refractivity (Wildman–Crippen MR) is 82.4 cm³/mol. The van der Waals surface area contributed by atoms with Crippen molar-refractivity contribution < 1.29 is 10.2 Å². The van der Waals surface area contributed by atoms with E-state index >= 15 is 0 Å². The molecule has 2 N–H and O–H groups in total. The van der Waals surface area contributed by atoms with E-state index < -0.39 is 6.10 Å². The molecule has 5 heteroatoms. The van der Waals surface area contributed by atoms with Crippen molar-refractivity contribution in [2.45, 2.75) is 19.4 Å². The first-order valence-electron chi connectivity index (χ1n) is 7.17. The minimum Gasteiger partial charge on any atom is -0.395 e. The van der Waals surface area contributed by atoms with Crippen LogP contribution < -0.4 is 4.90 Å². The molecule has 4 nitrogen and oxygen atoms in total. The molecule has 112 valence electrons. The van der Waals surface area contributed by atoms with E-state index in [4.69, 9.17) is 16.7 Å². The molecule has 20 heavy (non-hydrogen) atoms. The highest BCUT2D eigenvalue weighted by molar-refractivity contribution is 6.31. The second-order valence-electron chi connectivity index (χ2n) is 5.29. The molecule has 0 amide bonds. The second kappa shape index (κ2) is 7.27. The topological polar surface area (TPSA) is 46.9 Å². The molecule has 1 atom stereocenters. The van der Waals surface area contributed by atoms with E-state index in [0.29, 0.717) is 5.02 Å². The molecule has 1 saturated heterocycles. The van der Waals surface area contributed by atoms with Gasteiger partial charge in [0.15, 0.2) is 0 Å². The van der Waals surface area contributed by atoms with Gasteiger partial charge in [0.1, 0.15) is 0 Å². The second-order valence-corrected chi connectivity index (χ2v) is 5.69. The number of β-amino-alcohol motifs (C(OH)–C–C–N with tert-alkyl or cyclic N) is 1. The molecule has 0 aliphatic carbocycles. The zero-order valence-corrected chi connectivity index (χ0v) is 12.7. The third kappa shape index (κ3) is 3.85. The Hall–Kier alpha value is -0.810. The van der Waals surface area contributed by atoms with Gasteiger partial charge in [0.25, 0.3) is 0 Å². The van der Waals surface area contributed by atoms with Crippen molar-refractivity contribution in [2.24, 2.45) is 0 Å². The molecule has 0 saturated carbocycles. The Kier molecular flexibility index (Phi) is 5.66. The van der Waals surface area contributed by atoms with Crippen molar-refractivity contribution in [3.63, 3.8) is 0 Å². The third-order valence-corrected chi connectivity index (χ3v) is 4.13. The molecule has 1 aromatic rings. The SMILES string of the molecule is CC(O)c1ccc(N2CCCN(CCO)CC2)cc1Cl. The van der Waals surface area contributed by atoms with Gasteiger partial charge in [-0.05, 0) is 37.6 Å². The van der Waals surface area contributed by atoms with Crippen LogP contribution in [0.5, 0.6) is 0 Å². The molecule has 0 spiro atoms. The van der Waals surface area contributed by atoms with Crippen molar-refractivity contribution in [1.29, 1.82) is 0 Å². The van der Waals surface area contributed by atoms with Crippen LogP contribution >= 0.6 is 11.6 Å². The number of anilines is 1. The molecule has 0 radical (unpaired) electrons. The van der Waals surface area contributed by atoms with Crippen LogP contribution in [0, 0.1) is 0 Å². The molecule has 1 fully saturated rings. The maximum Gasteiger partial charge on any atom is 0.0776 e. The molecule has 1 aliphatic rings. The first-order valence-corrected chi connectivity index (χ1v) is 7.55. The summed E-state index contributed by atoms with van der Waals surface area (Å²) >= 11 is 6.23. The van der Waals surface area contributed by atoms with Gasteiger partial charge >= 0.3 is 0 Å². The van der Waals surface area contributed by atoms with E-state index in [9.17, 15) is 5.11 Å². The number of aliphatic hydroxyl groups is 2. The Bertz CT molecular complexity index is 440. The fourth-order valence-electron chi connectivity index (χ4n) is 2.65. The van der Waals surface area contributed by atoms with Crippen molar-refractivity contribution in [3.05, 3.63) is 28.8 Å². The van der Waals surface area contributed by atoms with Crippen LogP contribution in [0.2, 0.25) is 5.02 Å². The summed E-state index contributed by atoms with van der Waals surface area (Å²) in [7, 11) is 0. The highest BCUT2D eigenvalue weighted by atomic mass is 35.5. The van der Waals surface area contributed by atoms with Gasteiger partial charge in [-0.25, -0.2) is 0 Å². The van der Waals surface area contributed by atoms with Gasteiger partial charge in [-0.1, -0.05) is 17.7 Å². The summed E-state index contributed by atoms with van der Waals surface area (Å²) in [5.74, 6) is 0. The number of hydrogen-bond acceptors (Lipinski definition) is 4. The van der Waals surface area contributed by atoms with E-state index in [0.717, 1.165) is 50.4 Å². The molecule has 0 aromatic heterocycles. The minimum atomic E-state index is -0.541. The zero-order valence-electron chi connectivity index (χ0n) is 11.9. The summed E-state index contributed by atoms with van der Waals surface area (Å²) in [5, 5.41) is 19.3. The van der Waals surface area contributed by atoms with E-state index in [1.54, 1.807) is 6.92 Å². The Morgan fingerprint density at radius 1 is 1.25 bits per heavy atom. The van der Waals surface area contributed by atoms with Crippen molar-refractivity contribution in [3.8, 4) is 0 Å². The smallest absolute Gasteiger partial charge is 0.0776 e. The predicted octanol–water partition coefficient (Wildman–Crippen LogP) is 1.90. The summed E-state index contributed by atoms with van der Waals surface area (Å²) in [5.41, 5.74) is 1.87. The summed E-state index contributed by atoms with van der Waals surface area (Å²) in [6.45, 7) is 6.59. The lowest BCUT2D eigenvalue weighted by Crippen LogP contribution is -2.32. The van der Waals surface area contributed by atoms with Gasteiger partial charge in [-0.3, -0.25) is 4.90 Å². The molecular weight excluding hydrogens is 276 g/mol. The van der Waals surface area contributed by atoms with Crippen LogP contribution in [-0.2, 0) is 0 Å². The summed E-state index contributed by atoms with van der Waals surface area (Å²) < 4.78 is 0. The van der Waals surface area contributed by atoms with E-state index in [2.05, 4.69) is 9.80 Å². The lowest BCUT2D eigenvalue weighted by molar-refractivity contribution is 0.199.